The maximum Gasteiger partial charge on any atom is 0.109 e. The van der Waals surface area contributed by atoms with Crippen LogP contribution in [-0.4, -0.2) is 20.5 Å². The van der Waals surface area contributed by atoms with Gasteiger partial charge in [-0.2, -0.15) is 0 Å². The molecule has 2 atom stereocenters. The second-order valence-corrected chi connectivity index (χ2v) is 5.03. The number of hydrogen-bond acceptors (Lipinski definition) is 3. The zero-order valence-corrected chi connectivity index (χ0v) is 11.2. The van der Waals surface area contributed by atoms with Crippen molar-refractivity contribution in [2.45, 2.75) is 38.4 Å². The molecule has 0 saturated carbocycles. The minimum Gasteiger partial charge on any atom is -0.365 e. The van der Waals surface area contributed by atoms with Crippen LogP contribution in [0.5, 0.6) is 0 Å². The smallest absolute Gasteiger partial charge is 0.109 e. The summed E-state index contributed by atoms with van der Waals surface area (Å²) >= 11 is 2.37. The van der Waals surface area contributed by atoms with Gasteiger partial charge in [-0.05, 0) is 26.7 Å². The van der Waals surface area contributed by atoms with Crippen LogP contribution in [0.25, 0.3) is 0 Å². The van der Waals surface area contributed by atoms with Crippen LogP contribution < -0.4 is 0 Å². The molecule has 82 valence electrons. The van der Waals surface area contributed by atoms with E-state index in [4.69, 9.17) is 4.74 Å². The number of alkyl halides is 1. The summed E-state index contributed by atoms with van der Waals surface area (Å²) in [4.78, 5) is 8.69. The van der Waals surface area contributed by atoms with Gasteiger partial charge in [0.2, 0.25) is 0 Å². The minimum absolute atomic E-state index is 0.228. The molecule has 15 heavy (non-hydrogen) atoms. The summed E-state index contributed by atoms with van der Waals surface area (Å²) in [6.07, 6.45) is 6.01. The lowest BCUT2D eigenvalue weighted by molar-refractivity contribution is -0.0251. The van der Waals surface area contributed by atoms with Gasteiger partial charge in [0.05, 0.1) is 17.5 Å². The molecule has 3 nitrogen and oxygen atoms in total. The molecular weight excluding hydrogens is 303 g/mol. The van der Waals surface area contributed by atoms with Gasteiger partial charge in [-0.25, -0.2) is 0 Å². The lowest BCUT2D eigenvalue weighted by Crippen LogP contribution is -2.25. The van der Waals surface area contributed by atoms with Gasteiger partial charge in [0.25, 0.3) is 0 Å². The Morgan fingerprint density at radius 2 is 2.27 bits per heavy atom. The topological polar surface area (TPSA) is 35.0 Å². The Bertz CT molecular complexity index is 358. The fraction of sp³-hybridized carbons (Fsp3) is 0.636. The SMILES string of the molecule is Cc1nccnc1C1(C)CCC(CI)O1. The summed E-state index contributed by atoms with van der Waals surface area (Å²) in [7, 11) is 0. The number of aryl methyl sites for hydroxylation is 1. The van der Waals surface area contributed by atoms with Gasteiger partial charge >= 0.3 is 0 Å². The molecule has 0 aromatic carbocycles. The second-order valence-electron chi connectivity index (χ2n) is 4.15. The van der Waals surface area contributed by atoms with Gasteiger partial charge in [0.15, 0.2) is 0 Å². The Morgan fingerprint density at radius 1 is 1.53 bits per heavy atom. The highest BCUT2D eigenvalue weighted by atomic mass is 127. The van der Waals surface area contributed by atoms with E-state index in [0.717, 1.165) is 28.7 Å². The van der Waals surface area contributed by atoms with Crippen molar-refractivity contribution in [2.24, 2.45) is 0 Å². The highest BCUT2D eigenvalue weighted by molar-refractivity contribution is 14.1. The number of aromatic nitrogens is 2. The van der Waals surface area contributed by atoms with E-state index < -0.39 is 0 Å². The van der Waals surface area contributed by atoms with Crippen molar-refractivity contribution < 1.29 is 4.74 Å². The van der Waals surface area contributed by atoms with Crippen LogP contribution in [0.3, 0.4) is 0 Å². The van der Waals surface area contributed by atoms with Crippen LogP contribution in [-0.2, 0) is 10.3 Å². The second kappa shape index (κ2) is 4.33. The average Bonchev–Trinajstić information content (AvgIpc) is 2.62. The number of halogens is 1. The first kappa shape index (κ1) is 11.3. The fourth-order valence-corrected chi connectivity index (χ4v) is 2.75. The van der Waals surface area contributed by atoms with Crippen LogP contribution in [0, 0.1) is 6.92 Å². The van der Waals surface area contributed by atoms with Gasteiger partial charge in [0, 0.05) is 16.8 Å². The third-order valence-electron chi connectivity index (χ3n) is 2.92. The Hall–Kier alpha value is -0.230. The number of nitrogens with zero attached hydrogens (tertiary/aromatic N) is 2. The van der Waals surface area contributed by atoms with E-state index in [2.05, 4.69) is 39.5 Å². The van der Waals surface area contributed by atoms with Crippen molar-refractivity contribution in [2.75, 3.05) is 4.43 Å². The first-order valence-electron chi connectivity index (χ1n) is 5.17. The van der Waals surface area contributed by atoms with E-state index in [-0.39, 0.29) is 5.60 Å². The third-order valence-corrected chi connectivity index (χ3v) is 3.91. The van der Waals surface area contributed by atoms with Crippen molar-refractivity contribution in [3.05, 3.63) is 23.8 Å². The molecule has 0 aliphatic carbocycles. The van der Waals surface area contributed by atoms with E-state index in [0.29, 0.717) is 6.10 Å². The van der Waals surface area contributed by atoms with Crippen LogP contribution in [0.4, 0.5) is 0 Å². The molecule has 1 aliphatic rings. The molecule has 1 aromatic rings. The van der Waals surface area contributed by atoms with Gasteiger partial charge in [-0.1, -0.05) is 22.6 Å². The maximum absolute atomic E-state index is 6.05. The van der Waals surface area contributed by atoms with Crippen LogP contribution in [0.15, 0.2) is 12.4 Å². The summed E-state index contributed by atoms with van der Waals surface area (Å²) in [6, 6.07) is 0. The molecule has 0 amide bonds. The number of ether oxygens (including phenoxy) is 1. The van der Waals surface area contributed by atoms with Crippen molar-refractivity contribution in [1.29, 1.82) is 0 Å². The van der Waals surface area contributed by atoms with Gasteiger partial charge in [-0.15, -0.1) is 0 Å². The molecule has 0 radical (unpaired) electrons. The zero-order chi connectivity index (χ0) is 10.9. The largest absolute Gasteiger partial charge is 0.365 e. The summed E-state index contributed by atoms with van der Waals surface area (Å²) in [5, 5.41) is 0. The van der Waals surface area contributed by atoms with E-state index in [1.807, 2.05) is 6.92 Å². The van der Waals surface area contributed by atoms with Gasteiger partial charge in [-0.3, -0.25) is 9.97 Å². The normalized spacial score (nSPS) is 30.7. The molecule has 4 heteroatoms. The number of hydrogen-bond donors (Lipinski definition) is 0. The monoisotopic (exact) mass is 318 g/mol. The Labute approximate surface area is 104 Å². The lowest BCUT2D eigenvalue weighted by Gasteiger charge is -2.24. The third kappa shape index (κ3) is 2.15. The molecule has 0 N–H and O–H groups in total. The van der Waals surface area contributed by atoms with Crippen LogP contribution in [0.2, 0.25) is 0 Å². The fourth-order valence-electron chi connectivity index (χ4n) is 2.13. The van der Waals surface area contributed by atoms with Crippen LogP contribution in [0.1, 0.15) is 31.2 Å². The van der Waals surface area contributed by atoms with E-state index in [1.54, 1.807) is 12.4 Å². The van der Waals surface area contributed by atoms with Crippen molar-refractivity contribution in [3.8, 4) is 0 Å². The molecule has 0 bridgehead atoms. The molecule has 2 heterocycles. The molecule has 0 spiro atoms. The molecule has 1 aliphatic heterocycles. The highest BCUT2D eigenvalue weighted by Gasteiger charge is 2.39. The minimum atomic E-state index is -0.228. The lowest BCUT2D eigenvalue weighted by atomic mass is 9.96. The summed E-state index contributed by atoms with van der Waals surface area (Å²) in [5.74, 6) is 0. The summed E-state index contributed by atoms with van der Waals surface area (Å²) < 4.78 is 7.10. The van der Waals surface area contributed by atoms with E-state index in [9.17, 15) is 0 Å². The van der Waals surface area contributed by atoms with Crippen molar-refractivity contribution in [1.82, 2.24) is 9.97 Å². The Balaban J connectivity index is 2.27. The average molecular weight is 318 g/mol. The highest BCUT2D eigenvalue weighted by Crippen LogP contribution is 2.39. The maximum atomic E-state index is 6.05. The molecule has 1 fully saturated rings. The molecule has 2 rings (SSSR count). The van der Waals surface area contributed by atoms with Gasteiger partial charge < -0.3 is 4.74 Å². The first-order chi connectivity index (χ1) is 7.15. The van der Waals surface area contributed by atoms with Crippen LogP contribution >= 0.6 is 22.6 Å². The standard InChI is InChI=1S/C11H15IN2O/c1-8-10(14-6-5-13-8)11(2)4-3-9(7-12)15-11/h5-6,9H,3-4,7H2,1-2H3. The summed E-state index contributed by atoms with van der Waals surface area (Å²) in [5.41, 5.74) is 1.75. The van der Waals surface area contributed by atoms with E-state index in [1.165, 1.54) is 0 Å². The van der Waals surface area contributed by atoms with Gasteiger partial charge in [0.1, 0.15) is 5.60 Å². The first-order valence-corrected chi connectivity index (χ1v) is 6.70. The molecular formula is C11H15IN2O. The van der Waals surface area contributed by atoms with Crippen molar-refractivity contribution in [3.63, 3.8) is 0 Å². The zero-order valence-electron chi connectivity index (χ0n) is 9.03. The van der Waals surface area contributed by atoms with E-state index >= 15 is 0 Å². The molecule has 1 saturated heterocycles. The summed E-state index contributed by atoms with van der Waals surface area (Å²) in [6.45, 7) is 4.12. The predicted octanol–water partition coefficient (Wildman–Crippen LogP) is 2.61. The Morgan fingerprint density at radius 3 is 2.87 bits per heavy atom. The Kier molecular flexibility index (Phi) is 3.25. The number of rotatable bonds is 2. The molecule has 1 aromatic heterocycles. The quantitative estimate of drug-likeness (QED) is 0.621. The molecule has 2 unspecified atom stereocenters. The predicted molar refractivity (Wildman–Crippen MR) is 67.1 cm³/mol. The van der Waals surface area contributed by atoms with Crippen molar-refractivity contribution >= 4 is 22.6 Å².